The molecular weight excluding hydrogens is 252 g/mol. The number of carbonyl (C=O) groups is 1. The topological polar surface area (TPSA) is 47.6 Å². The Bertz CT molecular complexity index is 449. The molecule has 0 atom stereocenters. The van der Waals surface area contributed by atoms with E-state index in [0.717, 1.165) is 31.9 Å². The van der Waals surface area contributed by atoms with Gasteiger partial charge in [-0.25, -0.2) is 4.79 Å². The summed E-state index contributed by atoms with van der Waals surface area (Å²) in [5, 5.41) is 5.47. The van der Waals surface area contributed by atoms with Crippen LogP contribution in [0, 0.1) is 0 Å². The molecule has 1 saturated heterocycles. The molecule has 1 aromatic carbocycles. The van der Waals surface area contributed by atoms with E-state index in [1.807, 2.05) is 12.1 Å². The van der Waals surface area contributed by atoms with Gasteiger partial charge < -0.3 is 20.4 Å². The van der Waals surface area contributed by atoms with Crippen LogP contribution in [-0.4, -0.2) is 50.7 Å². The van der Waals surface area contributed by atoms with Crippen LogP contribution >= 0.6 is 0 Å². The molecule has 1 aromatic rings. The molecule has 5 heteroatoms. The lowest BCUT2D eigenvalue weighted by Gasteiger charge is -2.34. The van der Waals surface area contributed by atoms with Gasteiger partial charge in [0, 0.05) is 44.1 Å². The van der Waals surface area contributed by atoms with Gasteiger partial charge in [-0.15, -0.1) is 6.58 Å². The van der Waals surface area contributed by atoms with E-state index < -0.39 is 0 Å². The average molecular weight is 274 g/mol. The minimum Gasteiger partial charge on any atom is -0.369 e. The van der Waals surface area contributed by atoms with Crippen LogP contribution < -0.4 is 15.5 Å². The molecule has 5 nitrogen and oxygen atoms in total. The predicted octanol–water partition coefficient (Wildman–Crippen LogP) is 1.75. The number of urea groups is 1. The van der Waals surface area contributed by atoms with Crippen molar-refractivity contribution in [1.29, 1.82) is 0 Å². The normalized spacial score (nSPS) is 15.8. The van der Waals surface area contributed by atoms with Crippen LogP contribution in [0.5, 0.6) is 0 Å². The van der Waals surface area contributed by atoms with Gasteiger partial charge in [-0.05, 0) is 31.3 Å². The molecule has 1 aliphatic rings. The Morgan fingerprint density at radius 2 is 1.90 bits per heavy atom. The number of amides is 2. The molecule has 2 amide bonds. The number of piperazine rings is 1. The van der Waals surface area contributed by atoms with Crippen LogP contribution in [0.25, 0.3) is 0 Å². The van der Waals surface area contributed by atoms with Gasteiger partial charge in [0.2, 0.25) is 0 Å². The van der Waals surface area contributed by atoms with E-state index in [2.05, 4.69) is 46.2 Å². The van der Waals surface area contributed by atoms with Gasteiger partial charge in [-0.3, -0.25) is 0 Å². The van der Waals surface area contributed by atoms with Crippen molar-refractivity contribution in [3.63, 3.8) is 0 Å². The van der Waals surface area contributed by atoms with Gasteiger partial charge in [0.05, 0.1) is 0 Å². The second-order valence-electron chi connectivity index (χ2n) is 4.96. The first kappa shape index (κ1) is 14.4. The third kappa shape index (κ3) is 3.99. The highest BCUT2D eigenvalue weighted by atomic mass is 16.2. The maximum absolute atomic E-state index is 11.5. The van der Waals surface area contributed by atoms with Crippen molar-refractivity contribution < 1.29 is 4.79 Å². The van der Waals surface area contributed by atoms with Crippen LogP contribution in [0.4, 0.5) is 16.2 Å². The molecule has 0 unspecified atom stereocenters. The smallest absolute Gasteiger partial charge is 0.319 e. The molecule has 108 valence electrons. The fraction of sp³-hybridized carbons (Fsp3) is 0.400. The SMILES string of the molecule is C=CCNC(=O)Nc1ccc(N2CCN(C)CC2)cc1. The summed E-state index contributed by atoms with van der Waals surface area (Å²) in [5.41, 5.74) is 2.00. The molecule has 1 aliphatic heterocycles. The van der Waals surface area contributed by atoms with E-state index in [1.54, 1.807) is 6.08 Å². The largest absolute Gasteiger partial charge is 0.369 e. The molecule has 1 heterocycles. The van der Waals surface area contributed by atoms with Gasteiger partial charge in [0.25, 0.3) is 0 Å². The van der Waals surface area contributed by atoms with E-state index in [1.165, 1.54) is 5.69 Å². The van der Waals surface area contributed by atoms with E-state index in [-0.39, 0.29) is 6.03 Å². The van der Waals surface area contributed by atoms with Crippen LogP contribution in [0.15, 0.2) is 36.9 Å². The second kappa shape index (κ2) is 6.96. The summed E-state index contributed by atoms with van der Waals surface area (Å²) in [4.78, 5) is 16.2. The first-order valence-corrected chi connectivity index (χ1v) is 6.88. The van der Waals surface area contributed by atoms with Crippen molar-refractivity contribution in [2.75, 3.05) is 50.0 Å². The van der Waals surface area contributed by atoms with E-state index in [0.29, 0.717) is 6.54 Å². The summed E-state index contributed by atoms with van der Waals surface area (Å²) in [7, 11) is 2.15. The van der Waals surface area contributed by atoms with Crippen molar-refractivity contribution in [3.05, 3.63) is 36.9 Å². The summed E-state index contributed by atoms with van der Waals surface area (Å²) in [5.74, 6) is 0. The first-order chi connectivity index (χ1) is 9.69. The Morgan fingerprint density at radius 1 is 1.25 bits per heavy atom. The zero-order valence-electron chi connectivity index (χ0n) is 11.9. The highest BCUT2D eigenvalue weighted by Gasteiger charge is 2.13. The first-order valence-electron chi connectivity index (χ1n) is 6.88. The Hall–Kier alpha value is -2.01. The number of nitrogens with one attached hydrogen (secondary N) is 2. The maximum Gasteiger partial charge on any atom is 0.319 e. The molecule has 0 bridgehead atoms. The molecule has 0 aromatic heterocycles. The van der Waals surface area contributed by atoms with Gasteiger partial charge >= 0.3 is 6.03 Å². The summed E-state index contributed by atoms with van der Waals surface area (Å²) in [6.45, 7) is 8.28. The number of carbonyl (C=O) groups excluding carboxylic acids is 1. The van der Waals surface area contributed by atoms with Gasteiger partial charge in [0.15, 0.2) is 0 Å². The van der Waals surface area contributed by atoms with Crippen molar-refractivity contribution >= 4 is 17.4 Å². The molecule has 0 saturated carbocycles. The van der Waals surface area contributed by atoms with Crippen LogP contribution in [0.2, 0.25) is 0 Å². The molecule has 20 heavy (non-hydrogen) atoms. The number of hydrogen-bond acceptors (Lipinski definition) is 3. The molecule has 0 radical (unpaired) electrons. The number of anilines is 2. The van der Waals surface area contributed by atoms with Crippen LogP contribution in [0.3, 0.4) is 0 Å². The monoisotopic (exact) mass is 274 g/mol. The third-order valence-electron chi connectivity index (χ3n) is 3.40. The van der Waals surface area contributed by atoms with Gasteiger partial charge in [-0.1, -0.05) is 6.08 Å². The maximum atomic E-state index is 11.5. The Kier molecular flexibility index (Phi) is 5.01. The molecule has 1 fully saturated rings. The van der Waals surface area contributed by atoms with E-state index in [9.17, 15) is 4.79 Å². The number of hydrogen-bond donors (Lipinski definition) is 2. The zero-order chi connectivity index (χ0) is 14.4. The fourth-order valence-electron chi connectivity index (χ4n) is 2.16. The lowest BCUT2D eigenvalue weighted by molar-refractivity contribution is 0.253. The third-order valence-corrected chi connectivity index (χ3v) is 3.40. The Morgan fingerprint density at radius 3 is 2.50 bits per heavy atom. The number of benzene rings is 1. The number of likely N-dealkylation sites (N-methyl/N-ethyl adjacent to an activating group) is 1. The van der Waals surface area contributed by atoms with E-state index >= 15 is 0 Å². The molecule has 2 N–H and O–H groups in total. The number of nitrogens with zero attached hydrogens (tertiary/aromatic N) is 2. The number of rotatable bonds is 4. The molecular formula is C15H22N4O. The van der Waals surface area contributed by atoms with Crippen molar-refractivity contribution in [2.45, 2.75) is 0 Å². The second-order valence-corrected chi connectivity index (χ2v) is 4.96. The van der Waals surface area contributed by atoms with Crippen molar-refractivity contribution in [3.8, 4) is 0 Å². The lowest BCUT2D eigenvalue weighted by Crippen LogP contribution is -2.44. The van der Waals surface area contributed by atoms with Gasteiger partial charge in [0.1, 0.15) is 0 Å². The van der Waals surface area contributed by atoms with Gasteiger partial charge in [-0.2, -0.15) is 0 Å². The lowest BCUT2D eigenvalue weighted by atomic mass is 10.2. The van der Waals surface area contributed by atoms with Crippen molar-refractivity contribution in [2.24, 2.45) is 0 Å². The Balaban J connectivity index is 1.89. The predicted molar refractivity (Wildman–Crippen MR) is 83.4 cm³/mol. The molecule has 2 rings (SSSR count). The van der Waals surface area contributed by atoms with Crippen LogP contribution in [0.1, 0.15) is 0 Å². The highest BCUT2D eigenvalue weighted by molar-refractivity contribution is 5.89. The van der Waals surface area contributed by atoms with Crippen LogP contribution in [-0.2, 0) is 0 Å². The zero-order valence-corrected chi connectivity index (χ0v) is 11.9. The summed E-state index contributed by atoms with van der Waals surface area (Å²) < 4.78 is 0. The minimum absolute atomic E-state index is 0.211. The quantitative estimate of drug-likeness (QED) is 0.822. The summed E-state index contributed by atoms with van der Waals surface area (Å²) in [6.07, 6.45) is 1.65. The Labute approximate surface area is 120 Å². The van der Waals surface area contributed by atoms with E-state index in [4.69, 9.17) is 0 Å². The fourth-order valence-corrected chi connectivity index (χ4v) is 2.16. The summed E-state index contributed by atoms with van der Waals surface area (Å²) >= 11 is 0. The minimum atomic E-state index is -0.211. The molecule has 0 spiro atoms. The molecule has 0 aliphatic carbocycles. The standard InChI is InChI=1S/C15H22N4O/c1-3-8-16-15(20)17-13-4-6-14(7-5-13)19-11-9-18(2)10-12-19/h3-7H,1,8-12H2,2H3,(H2,16,17,20). The average Bonchev–Trinajstić information content (AvgIpc) is 2.47. The summed E-state index contributed by atoms with van der Waals surface area (Å²) in [6, 6.07) is 7.75. The van der Waals surface area contributed by atoms with Crippen molar-refractivity contribution in [1.82, 2.24) is 10.2 Å². The highest BCUT2D eigenvalue weighted by Crippen LogP contribution is 2.19.